The van der Waals surface area contributed by atoms with Gasteiger partial charge in [0.05, 0.1) is 30.7 Å². The van der Waals surface area contributed by atoms with Crippen LogP contribution in [-0.2, 0) is 0 Å². The lowest BCUT2D eigenvalue weighted by Crippen LogP contribution is -2.22. The number of unbranched alkanes of at least 4 members (excludes halogenated alkanes) is 3. The first kappa shape index (κ1) is 22.2. The topological polar surface area (TPSA) is 77.8 Å². The Balaban J connectivity index is 1.69. The van der Waals surface area contributed by atoms with Crippen molar-refractivity contribution in [1.29, 1.82) is 0 Å². The molecule has 1 amide bonds. The number of amides is 1. The Morgan fingerprint density at radius 2 is 1.91 bits per heavy atom. The van der Waals surface area contributed by atoms with Crippen molar-refractivity contribution >= 4 is 28.5 Å². The molecule has 0 saturated heterocycles. The highest BCUT2D eigenvalue weighted by atomic mass is 35.5. The molecule has 1 aliphatic rings. The van der Waals surface area contributed by atoms with E-state index in [1.54, 1.807) is 31.4 Å². The van der Waals surface area contributed by atoms with Crippen LogP contribution in [0.1, 0.15) is 65.9 Å². The molecule has 2 aromatic carbocycles. The van der Waals surface area contributed by atoms with Gasteiger partial charge in [0.25, 0.3) is 5.91 Å². The number of benzene rings is 2. The fraction of sp³-hybridized carbons (Fsp3) is 0.360. The van der Waals surface area contributed by atoms with Gasteiger partial charge in [-0.1, -0.05) is 43.9 Å². The SMILES string of the molecule is CCCCCCOc1ccc(C2NC(=O)c3oc4cc(C)c(Cl)cc4c(=O)c32)cc1OC. The highest BCUT2D eigenvalue weighted by molar-refractivity contribution is 6.32. The van der Waals surface area contributed by atoms with Gasteiger partial charge in [0, 0.05) is 5.02 Å². The van der Waals surface area contributed by atoms with E-state index >= 15 is 0 Å². The summed E-state index contributed by atoms with van der Waals surface area (Å²) in [5.41, 5.74) is 1.82. The van der Waals surface area contributed by atoms with E-state index in [-0.39, 0.29) is 16.8 Å². The van der Waals surface area contributed by atoms with Crippen molar-refractivity contribution in [3.8, 4) is 11.5 Å². The van der Waals surface area contributed by atoms with Gasteiger partial charge in [0.15, 0.2) is 16.9 Å². The van der Waals surface area contributed by atoms with E-state index in [1.165, 1.54) is 12.8 Å². The molecule has 4 rings (SSSR count). The zero-order valence-corrected chi connectivity index (χ0v) is 19.2. The molecule has 1 aromatic heterocycles. The van der Waals surface area contributed by atoms with Crippen molar-refractivity contribution < 1.29 is 18.7 Å². The first-order valence-corrected chi connectivity index (χ1v) is 11.2. The van der Waals surface area contributed by atoms with Crippen molar-refractivity contribution in [2.45, 2.75) is 45.6 Å². The van der Waals surface area contributed by atoms with Crippen LogP contribution in [0.25, 0.3) is 11.0 Å². The minimum atomic E-state index is -0.647. The maximum Gasteiger partial charge on any atom is 0.288 e. The first-order chi connectivity index (χ1) is 15.4. The van der Waals surface area contributed by atoms with Crippen molar-refractivity contribution in [2.24, 2.45) is 0 Å². The van der Waals surface area contributed by atoms with Crippen LogP contribution in [0.2, 0.25) is 5.02 Å². The summed E-state index contributed by atoms with van der Waals surface area (Å²) in [6, 6.07) is 8.04. The Bertz CT molecular complexity index is 1230. The van der Waals surface area contributed by atoms with Crippen LogP contribution in [0.15, 0.2) is 39.5 Å². The zero-order valence-electron chi connectivity index (χ0n) is 18.4. The summed E-state index contributed by atoms with van der Waals surface area (Å²) in [6.07, 6.45) is 4.44. The van der Waals surface area contributed by atoms with E-state index in [2.05, 4.69) is 12.2 Å². The molecule has 1 N–H and O–H groups in total. The maximum absolute atomic E-state index is 13.3. The van der Waals surface area contributed by atoms with Crippen molar-refractivity contribution in [1.82, 2.24) is 5.32 Å². The van der Waals surface area contributed by atoms with Crippen molar-refractivity contribution in [3.05, 3.63) is 68.0 Å². The Labute approximate surface area is 191 Å². The van der Waals surface area contributed by atoms with E-state index in [1.807, 2.05) is 13.0 Å². The molecule has 1 aliphatic heterocycles. The molecule has 2 heterocycles. The first-order valence-electron chi connectivity index (χ1n) is 10.8. The van der Waals surface area contributed by atoms with Crippen LogP contribution >= 0.6 is 11.6 Å². The van der Waals surface area contributed by atoms with Gasteiger partial charge in [-0.2, -0.15) is 0 Å². The Morgan fingerprint density at radius 3 is 2.66 bits per heavy atom. The van der Waals surface area contributed by atoms with E-state index in [0.717, 1.165) is 18.4 Å². The van der Waals surface area contributed by atoms with Crippen LogP contribution in [0.4, 0.5) is 0 Å². The van der Waals surface area contributed by atoms with Gasteiger partial charge in [0.2, 0.25) is 5.76 Å². The standard InChI is InChI=1S/C25H26ClNO5/c1-4-5-6-7-10-31-18-9-8-15(12-20(18)30-3)22-21-23(28)16-13-17(26)14(2)11-19(16)32-24(21)25(29)27-22/h8-9,11-13,22H,4-7,10H2,1-3H3,(H,27,29). The monoisotopic (exact) mass is 455 g/mol. The summed E-state index contributed by atoms with van der Waals surface area (Å²) in [5, 5.41) is 3.68. The van der Waals surface area contributed by atoms with Crippen LogP contribution in [-0.4, -0.2) is 19.6 Å². The van der Waals surface area contributed by atoms with Crippen LogP contribution < -0.4 is 20.2 Å². The Morgan fingerprint density at radius 1 is 1.09 bits per heavy atom. The highest BCUT2D eigenvalue weighted by Crippen LogP contribution is 2.36. The van der Waals surface area contributed by atoms with Gasteiger partial charge in [-0.15, -0.1) is 0 Å². The fourth-order valence-corrected chi connectivity index (χ4v) is 4.14. The quantitative estimate of drug-likeness (QED) is 0.450. The third-order valence-electron chi connectivity index (χ3n) is 5.75. The van der Waals surface area contributed by atoms with Crippen LogP contribution in [0.5, 0.6) is 11.5 Å². The van der Waals surface area contributed by atoms with Crippen molar-refractivity contribution in [3.63, 3.8) is 0 Å². The number of halogens is 1. The normalized spacial score (nSPS) is 15.0. The summed E-state index contributed by atoms with van der Waals surface area (Å²) in [4.78, 5) is 25.9. The molecule has 0 bridgehead atoms. The summed E-state index contributed by atoms with van der Waals surface area (Å²) < 4.78 is 17.2. The second-order valence-electron chi connectivity index (χ2n) is 8.00. The molecule has 0 radical (unpaired) electrons. The summed E-state index contributed by atoms with van der Waals surface area (Å²) in [7, 11) is 1.57. The second-order valence-corrected chi connectivity index (χ2v) is 8.40. The third kappa shape index (κ3) is 4.07. The number of aryl methyl sites for hydroxylation is 1. The van der Waals surface area contributed by atoms with Gasteiger partial charge >= 0.3 is 0 Å². The largest absolute Gasteiger partial charge is 0.493 e. The Kier molecular flexibility index (Phi) is 6.42. The van der Waals surface area contributed by atoms with Gasteiger partial charge in [0.1, 0.15) is 5.58 Å². The molecule has 0 spiro atoms. The molecule has 168 valence electrons. The number of methoxy groups -OCH3 is 1. The van der Waals surface area contributed by atoms with E-state index < -0.39 is 11.9 Å². The number of carbonyl (C=O) groups is 1. The summed E-state index contributed by atoms with van der Waals surface area (Å²) in [6.45, 7) is 4.59. The van der Waals surface area contributed by atoms with Crippen LogP contribution in [0, 0.1) is 6.92 Å². The smallest absolute Gasteiger partial charge is 0.288 e. The molecule has 1 unspecified atom stereocenters. The fourth-order valence-electron chi connectivity index (χ4n) is 3.97. The minimum absolute atomic E-state index is 0.0319. The number of fused-ring (bicyclic) bond motifs is 2. The summed E-state index contributed by atoms with van der Waals surface area (Å²) in [5.74, 6) is 0.783. The summed E-state index contributed by atoms with van der Waals surface area (Å²) >= 11 is 6.23. The average molecular weight is 456 g/mol. The lowest BCUT2D eigenvalue weighted by atomic mass is 9.98. The number of hydrogen-bond acceptors (Lipinski definition) is 5. The Hall–Kier alpha value is -2.99. The lowest BCUT2D eigenvalue weighted by molar-refractivity contribution is 0.0938. The van der Waals surface area contributed by atoms with E-state index in [9.17, 15) is 9.59 Å². The number of carbonyl (C=O) groups excluding carboxylic acids is 1. The molecule has 6 nitrogen and oxygen atoms in total. The predicted molar refractivity (Wildman–Crippen MR) is 124 cm³/mol. The molecule has 0 saturated carbocycles. The molecular formula is C25H26ClNO5. The molecule has 3 aromatic rings. The predicted octanol–water partition coefficient (Wildman–Crippen LogP) is 5.56. The van der Waals surface area contributed by atoms with Gasteiger partial charge in [-0.25, -0.2) is 0 Å². The van der Waals surface area contributed by atoms with Gasteiger partial charge < -0.3 is 19.2 Å². The number of rotatable bonds is 8. The molecule has 32 heavy (non-hydrogen) atoms. The van der Waals surface area contributed by atoms with E-state index in [4.69, 9.17) is 25.5 Å². The molecular weight excluding hydrogens is 430 g/mol. The minimum Gasteiger partial charge on any atom is -0.493 e. The molecule has 7 heteroatoms. The molecule has 0 fully saturated rings. The average Bonchev–Trinajstić information content (AvgIpc) is 3.12. The molecule has 0 aliphatic carbocycles. The van der Waals surface area contributed by atoms with Crippen LogP contribution in [0.3, 0.4) is 0 Å². The number of hydrogen-bond donors (Lipinski definition) is 1. The molecule has 1 atom stereocenters. The number of nitrogens with one attached hydrogen (secondary N) is 1. The number of ether oxygens (including phenoxy) is 2. The highest BCUT2D eigenvalue weighted by Gasteiger charge is 2.36. The maximum atomic E-state index is 13.3. The van der Waals surface area contributed by atoms with E-state index in [0.29, 0.717) is 39.7 Å². The zero-order chi connectivity index (χ0) is 22.8. The van der Waals surface area contributed by atoms with Crippen molar-refractivity contribution in [2.75, 3.05) is 13.7 Å². The van der Waals surface area contributed by atoms with Gasteiger partial charge in [-0.3, -0.25) is 9.59 Å². The third-order valence-corrected chi connectivity index (χ3v) is 6.16. The second kappa shape index (κ2) is 9.25. The van der Waals surface area contributed by atoms with Gasteiger partial charge in [-0.05, 0) is 48.7 Å². The lowest BCUT2D eigenvalue weighted by Gasteiger charge is -2.16.